The van der Waals surface area contributed by atoms with Gasteiger partial charge in [0.05, 0.1) is 0 Å². The summed E-state index contributed by atoms with van der Waals surface area (Å²) < 4.78 is 0. The van der Waals surface area contributed by atoms with Gasteiger partial charge in [-0.05, 0) is 48.4 Å². The number of anilines is 1. The molecule has 0 bridgehead atoms. The topological polar surface area (TPSA) is 41.1 Å². The molecular formula is C15H22N2O. The molecule has 1 aliphatic carbocycles. The van der Waals surface area contributed by atoms with Crippen LogP contribution >= 0.6 is 0 Å². The van der Waals surface area contributed by atoms with Crippen molar-refractivity contribution in [2.75, 3.05) is 18.9 Å². The van der Waals surface area contributed by atoms with Crippen molar-refractivity contribution in [3.05, 3.63) is 29.3 Å². The zero-order valence-electron chi connectivity index (χ0n) is 11.6. The van der Waals surface area contributed by atoms with E-state index in [4.69, 9.17) is 0 Å². The minimum absolute atomic E-state index is 0.0310. The van der Waals surface area contributed by atoms with E-state index in [1.807, 2.05) is 32.2 Å². The lowest BCUT2D eigenvalue weighted by Gasteiger charge is -2.09. The molecule has 2 rings (SSSR count). The maximum absolute atomic E-state index is 12.0. The van der Waals surface area contributed by atoms with Gasteiger partial charge in [-0.25, -0.2) is 0 Å². The number of carbonyl (C=O) groups is 1. The minimum atomic E-state index is 0.0310. The van der Waals surface area contributed by atoms with Crippen LogP contribution in [0.25, 0.3) is 0 Å². The normalized spacial score (nSPS) is 20.3. The number of benzene rings is 1. The van der Waals surface area contributed by atoms with Gasteiger partial charge in [0.2, 0.25) is 0 Å². The molecule has 1 fully saturated rings. The molecule has 1 aromatic rings. The van der Waals surface area contributed by atoms with Crippen molar-refractivity contribution in [1.82, 2.24) is 5.32 Å². The Morgan fingerprint density at radius 1 is 1.44 bits per heavy atom. The Hall–Kier alpha value is -1.51. The van der Waals surface area contributed by atoms with Gasteiger partial charge in [0.15, 0.2) is 0 Å². The Bertz CT molecular complexity index is 466. The summed E-state index contributed by atoms with van der Waals surface area (Å²) in [6.45, 7) is 7.29. The quantitative estimate of drug-likeness (QED) is 0.857. The second kappa shape index (κ2) is 4.63. The number of amides is 1. The van der Waals surface area contributed by atoms with Gasteiger partial charge >= 0.3 is 0 Å². The predicted octanol–water partition coefficient (Wildman–Crippen LogP) is 2.81. The van der Waals surface area contributed by atoms with E-state index in [-0.39, 0.29) is 5.91 Å². The van der Waals surface area contributed by atoms with Crippen molar-refractivity contribution in [1.29, 1.82) is 0 Å². The van der Waals surface area contributed by atoms with Crippen LogP contribution in [0.15, 0.2) is 18.2 Å². The summed E-state index contributed by atoms with van der Waals surface area (Å²) in [5.74, 6) is 0.669. The van der Waals surface area contributed by atoms with Gasteiger partial charge in [-0.15, -0.1) is 0 Å². The Morgan fingerprint density at radius 3 is 2.61 bits per heavy atom. The predicted molar refractivity (Wildman–Crippen MR) is 74.9 cm³/mol. The number of rotatable bonds is 4. The lowest BCUT2D eigenvalue weighted by Crippen LogP contribution is -2.26. The van der Waals surface area contributed by atoms with Gasteiger partial charge in [0, 0.05) is 24.8 Å². The van der Waals surface area contributed by atoms with Crippen LogP contribution < -0.4 is 10.6 Å². The maximum atomic E-state index is 12.0. The molecule has 3 nitrogen and oxygen atoms in total. The average molecular weight is 246 g/mol. The fourth-order valence-corrected chi connectivity index (χ4v) is 2.33. The Balaban J connectivity index is 1.95. The molecule has 0 heterocycles. The lowest BCUT2D eigenvalue weighted by molar-refractivity contribution is 0.0950. The first kappa shape index (κ1) is 12.9. The number of carbonyl (C=O) groups excluding carboxylic acids is 1. The summed E-state index contributed by atoms with van der Waals surface area (Å²) in [6.07, 6.45) is 1.21. The third-order valence-corrected chi connectivity index (χ3v) is 3.98. The van der Waals surface area contributed by atoms with Crippen LogP contribution in [0.5, 0.6) is 0 Å². The second-order valence-corrected chi connectivity index (χ2v) is 5.88. The summed E-state index contributed by atoms with van der Waals surface area (Å²) >= 11 is 0. The van der Waals surface area contributed by atoms with Crippen molar-refractivity contribution in [2.45, 2.75) is 27.2 Å². The van der Waals surface area contributed by atoms with E-state index in [0.29, 0.717) is 11.3 Å². The first-order valence-electron chi connectivity index (χ1n) is 6.50. The fourth-order valence-electron chi connectivity index (χ4n) is 2.33. The molecule has 3 heteroatoms. The first-order chi connectivity index (χ1) is 8.44. The van der Waals surface area contributed by atoms with Crippen LogP contribution in [0.4, 0.5) is 5.69 Å². The largest absolute Gasteiger partial charge is 0.388 e. The van der Waals surface area contributed by atoms with E-state index in [9.17, 15) is 4.79 Å². The average Bonchev–Trinajstić information content (AvgIpc) is 2.94. The standard InChI is InChI=1S/C15H22N2O/c1-10-7-11(5-6-13(10)16-4)14(18)17-9-12-8-15(12,2)3/h5-7,12,16H,8-9H2,1-4H3,(H,17,18). The second-order valence-electron chi connectivity index (χ2n) is 5.88. The summed E-state index contributed by atoms with van der Waals surface area (Å²) in [6, 6.07) is 5.75. The molecule has 1 unspecified atom stereocenters. The zero-order chi connectivity index (χ0) is 13.3. The highest BCUT2D eigenvalue weighted by Gasteiger charge is 2.45. The van der Waals surface area contributed by atoms with Crippen LogP contribution in [0.2, 0.25) is 0 Å². The summed E-state index contributed by atoms with van der Waals surface area (Å²) in [7, 11) is 1.89. The van der Waals surface area contributed by atoms with Gasteiger partial charge in [-0.1, -0.05) is 13.8 Å². The summed E-state index contributed by atoms with van der Waals surface area (Å²) in [5, 5.41) is 6.12. The molecule has 1 atom stereocenters. The molecule has 0 spiro atoms. The molecule has 2 N–H and O–H groups in total. The van der Waals surface area contributed by atoms with Crippen molar-refractivity contribution < 1.29 is 4.79 Å². The number of hydrogen-bond acceptors (Lipinski definition) is 2. The molecule has 1 aromatic carbocycles. The van der Waals surface area contributed by atoms with E-state index in [0.717, 1.165) is 23.4 Å². The molecule has 1 amide bonds. The van der Waals surface area contributed by atoms with Gasteiger partial charge in [0.1, 0.15) is 0 Å². The number of nitrogens with one attached hydrogen (secondary N) is 2. The highest BCUT2D eigenvalue weighted by molar-refractivity contribution is 5.94. The summed E-state index contributed by atoms with van der Waals surface area (Å²) in [4.78, 5) is 12.0. The van der Waals surface area contributed by atoms with Crippen LogP contribution in [-0.4, -0.2) is 19.5 Å². The fraction of sp³-hybridized carbons (Fsp3) is 0.533. The van der Waals surface area contributed by atoms with Crippen LogP contribution in [0, 0.1) is 18.3 Å². The van der Waals surface area contributed by atoms with E-state index < -0.39 is 0 Å². The third kappa shape index (κ3) is 2.66. The van der Waals surface area contributed by atoms with Crippen molar-refractivity contribution in [3.8, 4) is 0 Å². The molecule has 98 valence electrons. The van der Waals surface area contributed by atoms with Gasteiger partial charge in [-0.3, -0.25) is 4.79 Å². The Morgan fingerprint density at radius 2 is 2.11 bits per heavy atom. The first-order valence-corrected chi connectivity index (χ1v) is 6.50. The maximum Gasteiger partial charge on any atom is 0.251 e. The molecule has 0 saturated heterocycles. The van der Waals surface area contributed by atoms with E-state index >= 15 is 0 Å². The SMILES string of the molecule is CNc1ccc(C(=O)NCC2CC2(C)C)cc1C. The monoisotopic (exact) mass is 246 g/mol. The Labute approximate surface area is 109 Å². The van der Waals surface area contributed by atoms with Crippen molar-refractivity contribution in [3.63, 3.8) is 0 Å². The Kier molecular flexibility index (Phi) is 3.33. The molecule has 0 radical (unpaired) electrons. The number of hydrogen-bond donors (Lipinski definition) is 2. The minimum Gasteiger partial charge on any atom is -0.388 e. The van der Waals surface area contributed by atoms with E-state index in [2.05, 4.69) is 24.5 Å². The van der Waals surface area contributed by atoms with Crippen molar-refractivity contribution >= 4 is 11.6 Å². The molecule has 1 saturated carbocycles. The van der Waals surface area contributed by atoms with E-state index in [1.165, 1.54) is 6.42 Å². The highest BCUT2D eigenvalue weighted by atomic mass is 16.1. The van der Waals surface area contributed by atoms with Crippen LogP contribution in [-0.2, 0) is 0 Å². The third-order valence-electron chi connectivity index (χ3n) is 3.98. The van der Waals surface area contributed by atoms with Crippen LogP contribution in [0.1, 0.15) is 36.2 Å². The number of aryl methyl sites for hydroxylation is 1. The zero-order valence-corrected chi connectivity index (χ0v) is 11.6. The van der Waals surface area contributed by atoms with E-state index in [1.54, 1.807) is 0 Å². The van der Waals surface area contributed by atoms with Gasteiger partial charge in [0.25, 0.3) is 5.91 Å². The molecule has 1 aliphatic rings. The van der Waals surface area contributed by atoms with Gasteiger partial charge in [-0.2, -0.15) is 0 Å². The molecule has 0 aliphatic heterocycles. The van der Waals surface area contributed by atoms with Crippen molar-refractivity contribution in [2.24, 2.45) is 11.3 Å². The van der Waals surface area contributed by atoms with Gasteiger partial charge < -0.3 is 10.6 Å². The smallest absolute Gasteiger partial charge is 0.251 e. The lowest BCUT2D eigenvalue weighted by atomic mass is 10.1. The molecule has 0 aromatic heterocycles. The molecule has 18 heavy (non-hydrogen) atoms. The van der Waals surface area contributed by atoms with Crippen LogP contribution in [0.3, 0.4) is 0 Å². The summed E-state index contributed by atoms with van der Waals surface area (Å²) in [5.41, 5.74) is 3.32. The highest BCUT2D eigenvalue weighted by Crippen LogP contribution is 2.50. The molecular weight excluding hydrogens is 224 g/mol.